The number of esters is 1. The molecule has 1 aromatic carbocycles. The van der Waals surface area contributed by atoms with Crippen LogP contribution in [0, 0.1) is 6.92 Å². The molecule has 1 aromatic rings. The van der Waals surface area contributed by atoms with E-state index >= 15 is 0 Å². The van der Waals surface area contributed by atoms with Crippen LogP contribution in [0.2, 0.25) is 0 Å². The van der Waals surface area contributed by atoms with Crippen molar-refractivity contribution in [3.05, 3.63) is 29.3 Å². The minimum atomic E-state index is -0.229. The van der Waals surface area contributed by atoms with E-state index in [0.717, 1.165) is 16.9 Å². The number of carbonyl (C=O) groups is 1. The van der Waals surface area contributed by atoms with Crippen molar-refractivity contribution in [3.63, 3.8) is 0 Å². The largest absolute Gasteiger partial charge is 0.493 e. The second-order valence-corrected chi connectivity index (χ2v) is 4.31. The summed E-state index contributed by atoms with van der Waals surface area (Å²) >= 11 is 4.91. The first-order valence-electron chi connectivity index (χ1n) is 5.64. The SMILES string of the molecule is COC(=O)CCCOc1cc(C(N)=S)ccc1C. The number of hydrogen-bond acceptors (Lipinski definition) is 4. The molecule has 0 radical (unpaired) electrons. The summed E-state index contributed by atoms with van der Waals surface area (Å²) in [6.45, 7) is 2.40. The summed E-state index contributed by atoms with van der Waals surface area (Å²) in [5.74, 6) is 0.511. The molecule has 0 heterocycles. The van der Waals surface area contributed by atoms with Gasteiger partial charge in [0.05, 0.1) is 13.7 Å². The van der Waals surface area contributed by atoms with Crippen LogP contribution in [0.15, 0.2) is 18.2 Å². The summed E-state index contributed by atoms with van der Waals surface area (Å²) in [7, 11) is 1.37. The van der Waals surface area contributed by atoms with Gasteiger partial charge in [0, 0.05) is 12.0 Å². The van der Waals surface area contributed by atoms with Gasteiger partial charge in [-0.15, -0.1) is 0 Å². The summed E-state index contributed by atoms with van der Waals surface area (Å²) < 4.78 is 10.1. The Morgan fingerprint density at radius 1 is 1.44 bits per heavy atom. The zero-order valence-corrected chi connectivity index (χ0v) is 11.4. The quantitative estimate of drug-likeness (QED) is 0.485. The van der Waals surface area contributed by atoms with Gasteiger partial charge in [-0.1, -0.05) is 24.4 Å². The van der Waals surface area contributed by atoms with Gasteiger partial charge in [0.2, 0.25) is 0 Å². The van der Waals surface area contributed by atoms with Crippen LogP contribution in [0.3, 0.4) is 0 Å². The smallest absolute Gasteiger partial charge is 0.305 e. The molecule has 0 unspecified atom stereocenters. The summed E-state index contributed by atoms with van der Waals surface area (Å²) in [4.78, 5) is 11.3. The molecule has 0 fully saturated rings. The van der Waals surface area contributed by atoms with E-state index < -0.39 is 0 Å². The van der Waals surface area contributed by atoms with Gasteiger partial charge in [-0.3, -0.25) is 4.79 Å². The summed E-state index contributed by atoms with van der Waals surface area (Å²) in [6.07, 6.45) is 0.966. The van der Waals surface area contributed by atoms with Crippen molar-refractivity contribution >= 4 is 23.2 Å². The van der Waals surface area contributed by atoms with E-state index in [1.807, 2.05) is 25.1 Å². The van der Waals surface area contributed by atoms with Crippen LogP contribution < -0.4 is 10.5 Å². The molecule has 0 aliphatic carbocycles. The Bertz CT molecular complexity index is 446. The van der Waals surface area contributed by atoms with Gasteiger partial charge in [-0.25, -0.2) is 0 Å². The lowest BCUT2D eigenvalue weighted by Crippen LogP contribution is -2.10. The molecular formula is C13H17NO3S. The maximum atomic E-state index is 10.9. The Balaban J connectivity index is 2.53. The van der Waals surface area contributed by atoms with Crippen LogP contribution in [0.1, 0.15) is 24.0 Å². The molecule has 18 heavy (non-hydrogen) atoms. The zero-order chi connectivity index (χ0) is 13.5. The monoisotopic (exact) mass is 267 g/mol. The minimum absolute atomic E-state index is 0.229. The van der Waals surface area contributed by atoms with E-state index in [1.165, 1.54) is 7.11 Å². The molecular weight excluding hydrogens is 250 g/mol. The first kappa shape index (κ1) is 14.4. The summed E-state index contributed by atoms with van der Waals surface area (Å²) in [6, 6.07) is 5.58. The fourth-order valence-electron chi connectivity index (χ4n) is 1.41. The predicted octanol–water partition coefficient (Wildman–Crippen LogP) is 1.96. The molecule has 0 aromatic heterocycles. The van der Waals surface area contributed by atoms with Crippen LogP contribution in [0.25, 0.3) is 0 Å². The van der Waals surface area contributed by atoms with Gasteiger partial charge in [0.1, 0.15) is 10.7 Å². The van der Waals surface area contributed by atoms with E-state index in [0.29, 0.717) is 24.4 Å². The Kier molecular flexibility index (Phi) is 5.58. The third kappa shape index (κ3) is 4.33. The fourth-order valence-corrected chi connectivity index (χ4v) is 1.54. The zero-order valence-electron chi connectivity index (χ0n) is 10.6. The summed E-state index contributed by atoms with van der Waals surface area (Å²) in [5, 5.41) is 0. The Morgan fingerprint density at radius 3 is 2.78 bits per heavy atom. The second kappa shape index (κ2) is 6.96. The molecule has 0 saturated heterocycles. The van der Waals surface area contributed by atoms with Crippen molar-refractivity contribution in [2.45, 2.75) is 19.8 Å². The number of hydrogen-bond donors (Lipinski definition) is 1. The highest BCUT2D eigenvalue weighted by Crippen LogP contribution is 2.19. The Labute approximate surface area is 112 Å². The predicted molar refractivity (Wildman–Crippen MR) is 73.8 cm³/mol. The van der Waals surface area contributed by atoms with Gasteiger partial charge in [0.15, 0.2) is 0 Å². The number of nitrogens with two attached hydrogens (primary N) is 1. The average molecular weight is 267 g/mol. The van der Waals surface area contributed by atoms with Crippen molar-refractivity contribution in [1.29, 1.82) is 0 Å². The number of benzene rings is 1. The lowest BCUT2D eigenvalue weighted by molar-refractivity contribution is -0.140. The van der Waals surface area contributed by atoms with Crippen LogP contribution in [-0.2, 0) is 9.53 Å². The van der Waals surface area contributed by atoms with Crippen molar-refractivity contribution < 1.29 is 14.3 Å². The van der Waals surface area contributed by atoms with E-state index in [-0.39, 0.29) is 5.97 Å². The number of methoxy groups -OCH3 is 1. The average Bonchev–Trinajstić information content (AvgIpc) is 2.35. The lowest BCUT2D eigenvalue weighted by Gasteiger charge is -2.10. The molecule has 5 heteroatoms. The first-order valence-corrected chi connectivity index (χ1v) is 6.05. The van der Waals surface area contributed by atoms with Gasteiger partial charge in [0.25, 0.3) is 0 Å². The van der Waals surface area contributed by atoms with E-state index in [9.17, 15) is 4.79 Å². The molecule has 0 bridgehead atoms. The lowest BCUT2D eigenvalue weighted by atomic mass is 10.1. The van der Waals surface area contributed by atoms with Gasteiger partial charge in [-0.2, -0.15) is 0 Å². The third-order valence-electron chi connectivity index (χ3n) is 2.48. The number of aryl methyl sites for hydroxylation is 1. The maximum absolute atomic E-state index is 10.9. The molecule has 98 valence electrons. The van der Waals surface area contributed by atoms with Gasteiger partial charge < -0.3 is 15.2 Å². The highest BCUT2D eigenvalue weighted by atomic mass is 32.1. The van der Waals surface area contributed by atoms with E-state index in [4.69, 9.17) is 22.7 Å². The molecule has 0 amide bonds. The molecule has 1 rings (SSSR count). The maximum Gasteiger partial charge on any atom is 0.305 e. The van der Waals surface area contributed by atoms with Crippen LogP contribution in [0.5, 0.6) is 5.75 Å². The third-order valence-corrected chi connectivity index (χ3v) is 2.72. The summed E-state index contributed by atoms with van der Waals surface area (Å²) in [5.41, 5.74) is 7.34. The van der Waals surface area contributed by atoms with Crippen LogP contribution in [-0.4, -0.2) is 24.7 Å². The van der Waals surface area contributed by atoms with Crippen LogP contribution >= 0.6 is 12.2 Å². The number of carbonyl (C=O) groups excluding carboxylic acids is 1. The highest BCUT2D eigenvalue weighted by Gasteiger charge is 2.05. The molecule has 0 aliphatic rings. The van der Waals surface area contributed by atoms with Gasteiger partial charge in [-0.05, 0) is 25.0 Å². The Hall–Kier alpha value is -1.62. The number of ether oxygens (including phenoxy) is 2. The van der Waals surface area contributed by atoms with Crippen molar-refractivity contribution in [1.82, 2.24) is 0 Å². The van der Waals surface area contributed by atoms with Crippen molar-refractivity contribution in [3.8, 4) is 5.75 Å². The van der Waals surface area contributed by atoms with Crippen molar-refractivity contribution in [2.24, 2.45) is 5.73 Å². The molecule has 2 N–H and O–H groups in total. The minimum Gasteiger partial charge on any atom is -0.493 e. The number of rotatable bonds is 6. The van der Waals surface area contributed by atoms with Crippen molar-refractivity contribution in [2.75, 3.05) is 13.7 Å². The molecule has 4 nitrogen and oxygen atoms in total. The topological polar surface area (TPSA) is 61.5 Å². The highest BCUT2D eigenvalue weighted by molar-refractivity contribution is 7.80. The molecule has 0 aliphatic heterocycles. The van der Waals surface area contributed by atoms with Crippen LogP contribution in [0.4, 0.5) is 0 Å². The normalized spacial score (nSPS) is 9.89. The van der Waals surface area contributed by atoms with E-state index in [2.05, 4.69) is 4.74 Å². The molecule has 0 spiro atoms. The van der Waals surface area contributed by atoms with Gasteiger partial charge >= 0.3 is 5.97 Å². The Morgan fingerprint density at radius 2 is 2.17 bits per heavy atom. The fraction of sp³-hybridized carbons (Fsp3) is 0.385. The standard InChI is InChI=1S/C13H17NO3S/c1-9-5-6-10(13(14)18)8-11(9)17-7-3-4-12(15)16-2/h5-6,8H,3-4,7H2,1-2H3,(H2,14,18). The second-order valence-electron chi connectivity index (χ2n) is 3.87. The number of thiocarbonyl (C=S) groups is 1. The molecule has 0 atom stereocenters. The van der Waals surface area contributed by atoms with E-state index in [1.54, 1.807) is 0 Å². The molecule has 0 saturated carbocycles. The first-order chi connectivity index (χ1) is 8.54.